The molecule has 0 aromatic carbocycles. The highest BCUT2D eigenvalue weighted by Gasteiger charge is 2.04. The second-order valence-electron chi connectivity index (χ2n) is 2.63. The zero-order valence-corrected chi connectivity index (χ0v) is 9.01. The molecule has 0 aliphatic carbocycles. The van der Waals surface area contributed by atoms with Crippen molar-refractivity contribution in [1.29, 1.82) is 5.26 Å². The third-order valence-electron chi connectivity index (χ3n) is 1.55. The summed E-state index contributed by atoms with van der Waals surface area (Å²) < 4.78 is 11.5. The van der Waals surface area contributed by atoms with Gasteiger partial charge < -0.3 is 0 Å². The van der Waals surface area contributed by atoms with Crippen LogP contribution in [0.1, 0.15) is 12.8 Å². The number of nitriles is 1. The molecule has 1 atom stereocenters. The molecule has 1 aromatic rings. The molecule has 1 rings (SSSR count). The minimum atomic E-state index is -1.11. The molecule has 3 nitrogen and oxygen atoms in total. The molecular formula is C9H9ClN2OS. The van der Waals surface area contributed by atoms with Crippen LogP contribution in [0.5, 0.6) is 0 Å². The fourth-order valence-electron chi connectivity index (χ4n) is 0.884. The maximum atomic E-state index is 11.5. The van der Waals surface area contributed by atoms with Crippen LogP contribution < -0.4 is 0 Å². The molecule has 1 aromatic heterocycles. The van der Waals surface area contributed by atoms with E-state index < -0.39 is 10.8 Å². The lowest BCUT2D eigenvalue weighted by molar-refractivity contribution is 0.678. The number of pyridine rings is 1. The summed E-state index contributed by atoms with van der Waals surface area (Å²) in [6, 6.07) is 5.31. The van der Waals surface area contributed by atoms with Crippen LogP contribution in [0.3, 0.4) is 0 Å². The van der Waals surface area contributed by atoms with E-state index in [1.54, 1.807) is 12.1 Å². The van der Waals surface area contributed by atoms with Gasteiger partial charge in [-0.1, -0.05) is 11.6 Å². The molecule has 0 aliphatic rings. The lowest BCUT2D eigenvalue weighted by Crippen LogP contribution is -1.99. The molecule has 74 valence electrons. The number of hydrogen-bond donors (Lipinski definition) is 0. The van der Waals surface area contributed by atoms with Crippen molar-refractivity contribution in [3.63, 3.8) is 0 Å². The number of rotatable bonds is 4. The molecule has 1 unspecified atom stereocenters. The Kier molecular flexibility index (Phi) is 4.57. The van der Waals surface area contributed by atoms with Gasteiger partial charge >= 0.3 is 0 Å². The van der Waals surface area contributed by atoms with E-state index in [2.05, 4.69) is 4.98 Å². The van der Waals surface area contributed by atoms with E-state index in [0.29, 0.717) is 28.6 Å². The summed E-state index contributed by atoms with van der Waals surface area (Å²) in [4.78, 5) is 3.94. The average Bonchev–Trinajstić information content (AvgIpc) is 2.19. The maximum absolute atomic E-state index is 11.5. The molecule has 0 radical (unpaired) electrons. The van der Waals surface area contributed by atoms with Gasteiger partial charge in [-0.2, -0.15) is 5.26 Å². The third kappa shape index (κ3) is 3.44. The first-order valence-electron chi connectivity index (χ1n) is 4.11. The Hall–Kier alpha value is -0.920. The Labute approximate surface area is 90.2 Å². The van der Waals surface area contributed by atoms with Crippen molar-refractivity contribution in [2.24, 2.45) is 0 Å². The first-order chi connectivity index (χ1) is 6.74. The van der Waals surface area contributed by atoms with Gasteiger partial charge in [0.2, 0.25) is 0 Å². The summed E-state index contributed by atoms with van der Waals surface area (Å²) in [6.07, 6.45) is 2.53. The summed E-state index contributed by atoms with van der Waals surface area (Å²) in [5.74, 6) is 0.474. The highest BCUT2D eigenvalue weighted by molar-refractivity contribution is 7.84. The summed E-state index contributed by atoms with van der Waals surface area (Å²) in [7, 11) is -1.11. The van der Waals surface area contributed by atoms with E-state index in [9.17, 15) is 4.21 Å². The zero-order chi connectivity index (χ0) is 10.4. The van der Waals surface area contributed by atoms with E-state index in [4.69, 9.17) is 16.9 Å². The molecule has 0 spiro atoms. The number of unbranched alkanes of at least 4 members (excludes halogenated alkanes) is 1. The molecule has 0 fully saturated rings. The van der Waals surface area contributed by atoms with Crippen LogP contribution >= 0.6 is 11.6 Å². The Morgan fingerprint density at radius 2 is 2.36 bits per heavy atom. The minimum absolute atomic E-state index is 0.430. The molecule has 0 saturated heterocycles. The Morgan fingerprint density at radius 1 is 1.57 bits per heavy atom. The van der Waals surface area contributed by atoms with Gasteiger partial charge in [0.25, 0.3) is 0 Å². The number of halogens is 1. The SMILES string of the molecule is N#CCCCS(=O)c1ccc(Cl)cn1. The lowest BCUT2D eigenvalue weighted by Gasteiger charge is -1.98. The standard InChI is InChI=1S/C9H9ClN2OS/c10-8-3-4-9(12-7-8)14(13)6-2-1-5-11/h3-4,7H,1-2,6H2. The van der Waals surface area contributed by atoms with Gasteiger partial charge in [0.15, 0.2) is 0 Å². The normalized spacial score (nSPS) is 12.0. The topological polar surface area (TPSA) is 53.8 Å². The summed E-state index contributed by atoms with van der Waals surface area (Å²) in [5, 5.41) is 9.36. The van der Waals surface area contributed by atoms with E-state index in [1.807, 2.05) is 6.07 Å². The molecule has 1 heterocycles. The first-order valence-corrected chi connectivity index (χ1v) is 5.80. The molecule has 5 heteroatoms. The summed E-state index contributed by atoms with van der Waals surface area (Å²) in [5.41, 5.74) is 0. The van der Waals surface area contributed by atoms with Crippen molar-refractivity contribution in [2.45, 2.75) is 17.9 Å². The van der Waals surface area contributed by atoms with Crippen LogP contribution in [-0.2, 0) is 10.8 Å². The second-order valence-corrected chi connectivity index (χ2v) is 4.58. The quantitative estimate of drug-likeness (QED) is 0.742. The van der Waals surface area contributed by atoms with Crippen LogP contribution in [0, 0.1) is 11.3 Å². The van der Waals surface area contributed by atoms with Crippen LogP contribution in [0.15, 0.2) is 23.4 Å². The monoisotopic (exact) mass is 228 g/mol. The van der Waals surface area contributed by atoms with Crippen molar-refractivity contribution >= 4 is 22.4 Å². The highest BCUT2D eigenvalue weighted by Crippen LogP contribution is 2.10. The van der Waals surface area contributed by atoms with Gasteiger partial charge in [0.1, 0.15) is 5.03 Å². The molecule has 0 N–H and O–H groups in total. The predicted molar refractivity (Wildman–Crippen MR) is 55.4 cm³/mol. The smallest absolute Gasteiger partial charge is 0.127 e. The van der Waals surface area contributed by atoms with Gasteiger partial charge in [-0.25, -0.2) is 4.98 Å². The van der Waals surface area contributed by atoms with Gasteiger partial charge in [0.05, 0.1) is 21.9 Å². The van der Waals surface area contributed by atoms with Gasteiger partial charge in [0, 0.05) is 18.4 Å². The first kappa shape index (κ1) is 11.2. The highest BCUT2D eigenvalue weighted by atomic mass is 35.5. The molecule has 0 saturated carbocycles. The van der Waals surface area contributed by atoms with E-state index in [-0.39, 0.29) is 0 Å². The minimum Gasteiger partial charge on any atom is -0.253 e. The van der Waals surface area contributed by atoms with Crippen LogP contribution in [0.25, 0.3) is 0 Å². The van der Waals surface area contributed by atoms with Crippen molar-refractivity contribution in [1.82, 2.24) is 4.98 Å². The number of aromatic nitrogens is 1. The van der Waals surface area contributed by atoms with Crippen molar-refractivity contribution < 1.29 is 4.21 Å². The molecule has 0 aliphatic heterocycles. The van der Waals surface area contributed by atoms with E-state index in [1.165, 1.54) is 6.20 Å². The average molecular weight is 229 g/mol. The van der Waals surface area contributed by atoms with Gasteiger partial charge in [-0.3, -0.25) is 4.21 Å². The Bertz CT molecular complexity index is 358. The fourth-order valence-corrected chi connectivity index (χ4v) is 2.00. The van der Waals surface area contributed by atoms with Crippen molar-refractivity contribution in [3.8, 4) is 6.07 Å². The van der Waals surface area contributed by atoms with Gasteiger partial charge in [-0.15, -0.1) is 0 Å². The molecule has 14 heavy (non-hydrogen) atoms. The summed E-state index contributed by atoms with van der Waals surface area (Å²) in [6.45, 7) is 0. The second kappa shape index (κ2) is 5.74. The van der Waals surface area contributed by atoms with E-state index in [0.717, 1.165) is 0 Å². The molecule has 0 amide bonds. The van der Waals surface area contributed by atoms with Crippen LogP contribution in [-0.4, -0.2) is 14.9 Å². The molecule has 0 bridgehead atoms. The number of hydrogen-bond acceptors (Lipinski definition) is 3. The largest absolute Gasteiger partial charge is 0.253 e. The zero-order valence-electron chi connectivity index (χ0n) is 7.44. The Balaban J connectivity index is 2.53. The van der Waals surface area contributed by atoms with Crippen molar-refractivity contribution in [3.05, 3.63) is 23.4 Å². The summed E-state index contributed by atoms with van der Waals surface area (Å²) >= 11 is 5.64. The maximum Gasteiger partial charge on any atom is 0.127 e. The van der Waals surface area contributed by atoms with Crippen molar-refractivity contribution in [2.75, 3.05) is 5.75 Å². The number of nitrogens with zero attached hydrogens (tertiary/aromatic N) is 2. The van der Waals surface area contributed by atoms with Crippen LogP contribution in [0.4, 0.5) is 0 Å². The Morgan fingerprint density at radius 3 is 2.93 bits per heavy atom. The molecular weight excluding hydrogens is 220 g/mol. The predicted octanol–water partition coefficient (Wildman–Crippen LogP) is 2.15. The fraction of sp³-hybridized carbons (Fsp3) is 0.333. The third-order valence-corrected chi connectivity index (χ3v) is 3.14. The van der Waals surface area contributed by atoms with Crippen LogP contribution in [0.2, 0.25) is 5.02 Å². The van der Waals surface area contributed by atoms with Gasteiger partial charge in [-0.05, 0) is 18.6 Å². The van der Waals surface area contributed by atoms with E-state index >= 15 is 0 Å². The lowest BCUT2D eigenvalue weighted by atomic mass is 10.4.